The van der Waals surface area contributed by atoms with Gasteiger partial charge in [-0.15, -0.1) is 0 Å². The van der Waals surface area contributed by atoms with Crippen molar-refractivity contribution in [2.45, 2.75) is 19.3 Å². The molecule has 1 aromatic rings. The van der Waals surface area contributed by atoms with Gasteiger partial charge in [-0.1, -0.05) is 6.07 Å². The van der Waals surface area contributed by atoms with Gasteiger partial charge in [-0.2, -0.15) is 0 Å². The Hall–Kier alpha value is -1.26. The summed E-state index contributed by atoms with van der Waals surface area (Å²) in [7, 11) is 1.73. The van der Waals surface area contributed by atoms with Gasteiger partial charge in [-0.05, 0) is 31.4 Å². The fourth-order valence-electron chi connectivity index (χ4n) is 1.55. The van der Waals surface area contributed by atoms with Gasteiger partial charge in [0.1, 0.15) is 18.1 Å². The zero-order valence-electron chi connectivity index (χ0n) is 11.1. The summed E-state index contributed by atoms with van der Waals surface area (Å²) < 4.78 is 16.1. The summed E-state index contributed by atoms with van der Waals surface area (Å²) in [5, 5.41) is 0. The molecule has 1 rings (SSSR count). The third-order valence-corrected chi connectivity index (χ3v) is 2.45. The molecule has 0 aromatic heterocycles. The molecule has 0 aliphatic heterocycles. The van der Waals surface area contributed by atoms with Crippen molar-refractivity contribution >= 4 is 0 Å². The molecule has 1 aromatic carbocycles. The predicted octanol–water partition coefficient (Wildman–Crippen LogP) is 2.22. The first-order valence-corrected chi connectivity index (χ1v) is 6.41. The van der Waals surface area contributed by atoms with Gasteiger partial charge in [-0.25, -0.2) is 0 Å². The zero-order valence-corrected chi connectivity index (χ0v) is 11.1. The molecule has 0 unspecified atom stereocenters. The molecule has 0 aliphatic rings. The lowest BCUT2D eigenvalue weighted by atomic mass is 10.2. The van der Waals surface area contributed by atoms with Gasteiger partial charge in [0, 0.05) is 26.3 Å². The Balaban J connectivity index is 2.20. The van der Waals surface area contributed by atoms with Crippen LogP contribution in [0.4, 0.5) is 0 Å². The van der Waals surface area contributed by atoms with Gasteiger partial charge in [0.2, 0.25) is 0 Å². The molecular weight excluding hydrogens is 230 g/mol. The topological polar surface area (TPSA) is 53.7 Å². The van der Waals surface area contributed by atoms with E-state index in [0.29, 0.717) is 13.2 Å². The second-order valence-corrected chi connectivity index (χ2v) is 4.01. The van der Waals surface area contributed by atoms with Gasteiger partial charge in [-0.3, -0.25) is 0 Å². The maximum absolute atomic E-state index is 5.65. The minimum atomic E-state index is 0.518. The highest BCUT2D eigenvalue weighted by Gasteiger charge is 1.97. The molecule has 4 nitrogen and oxygen atoms in total. The van der Waals surface area contributed by atoms with Crippen LogP contribution < -0.4 is 15.2 Å². The van der Waals surface area contributed by atoms with Crippen molar-refractivity contribution in [2.24, 2.45) is 5.73 Å². The van der Waals surface area contributed by atoms with E-state index in [1.807, 2.05) is 24.3 Å². The third kappa shape index (κ3) is 6.47. The number of methoxy groups -OCH3 is 1. The molecular formula is C14H23NO3. The normalized spacial score (nSPS) is 10.3. The fraction of sp³-hybridized carbons (Fsp3) is 0.571. The maximum Gasteiger partial charge on any atom is 0.123 e. The van der Waals surface area contributed by atoms with E-state index >= 15 is 0 Å². The van der Waals surface area contributed by atoms with Crippen LogP contribution in [-0.2, 0) is 4.74 Å². The Labute approximate surface area is 109 Å². The van der Waals surface area contributed by atoms with Gasteiger partial charge >= 0.3 is 0 Å². The second kappa shape index (κ2) is 9.74. The van der Waals surface area contributed by atoms with Crippen LogP contribution >= 0.6 is 0 Å². The molecule has 0 saturated carbocycles. The first kappa shape index (κ1) is 14.8. The Morgan fingerprint density at radius 3 is 2.28 bits per heavy atom. The molecule has 0 spiro atoms. The van der Waals surface area contributed by atoms with Gasteiger partial charge in [0.25, 0.3) is 0 Å². The second-order valence-electron chi connectivity index (χ2n) is 4.01. The summed E-state index contributed by atoms with van der Waals surface area (Å²) in [5.74, 6) is 1.65. The van der Waals surface area contributed by atoms with Crippen molar-refractivity contribution < 1.29 is 14.2 Å². The summed E-state index contributed by atoms with van der Waals surface area (Å²) in [4.78, 5) is 0. The lowest BCUT2D eigenvalue weighted by molar-refractivity contribution is 0.189. The average Bonchev–Trinajstić information content (AvgIpc) is 2.41. The van der Waals surface area contributed by atoms with Crippen molar-refractivity contribution in [3.05, 3.63) is 24.3 Å². The van der Waals surface area contributed by atoms with E-state index in [0.717, 1.165) is 44.0 Å². The minimum Gasteiger partial charge on any atom is -0.493 e. The molecule has 0 atom stereocenters. The molecule has 0 fully saturated rings. The van der Waals surface area contributed by atoms with Gasteiger partial charge in [0.15, 0.2) is 0 Å². The van der Waals surface area contributed by atoms with E-state index in [2.05, 4.69) is 0 Å². The Bertz CT molecular complexity index is 318. The summed E-state index contributed by atoms with van der Waals surface area (Å²) in [6.45, 7) is 2.59. The predicted molar refractivity (Wildman–Crippen MR) is 72.2 cm³/mol. The van der Waals surface area contributed by atoms with E-state index in [1.165, 1.54) is 0 Å². The highest BCUT2D eigenvalue weighted by atomic mass is 16.5. The average molecular weight is 253 g/mol. The summed E-state index contributed by atoms with van der Waals surface area (Å²) in [5.41, 5.74) is 5.39. The van der Waals surface area contributed by atoms with Crippen LogP contribution in [-0.4, -0.2) is 33.5 Å². The van der Waals surface area contributed by atoms with Crippen LogP contribution in [0.15, 0.2) is 24.3 Å². The van der Waals surface area contributed by atoms with E-state index in [1.54, 1.807) is 7.11 Å². The minimum absolute atomic E-state index is 0.518. The summed E-state index contributed by atoms with van der Waals surface area (Å²) in [6, 6.07) is 7.66. The molecule has 4 heteroatoms. The molecule has 0 bridgehead atoms. The third-order valence-electron chi connectivity index (χ3n) is 2.45. The Kier molecular flexibility index (Phi) is 8.01. The Morgan fingerprint density at radius 1 is 0.944 bits per heavy atom. The van der Waals surface area contributed by atoms with Crippen LogP contribution in [0.5, 0.6) is 11.5 Å². The lowest BCUT2D eigenvalue weighted by Crippen LogP contribution is -2.10. The quantitative estimate of drug-likeness (QED) is 0.650. The summed E-state index contributed by atoms with van der Waals surface area (Å²) in [6.07, 6.45) is 3.24. The molecule has 0 aliphatic carbocycles. The number of rotatable bonds is 10. The van der Waals surface area contributed by atoms with Crippen molar-refractivity contribution in [2.75, 3.05) is 33.5 Å². The number of ether oxygens (including phenoxy) is 3. The van der Waals surface area contributed by atoms with Crippen LogP contribution in [0.3, 0.4) is 0 Å². The van der Waals surface area contributed by atoms with Crippen LogP contribution in [0.1, 0.15) is 19.3 Å². The number of hydrogen-bond donors (Lipinski definition) is 1. The molecule has 0 heterocycles. The lowest BCUT2D eigenvalue weighted by Gasteiger charge is -2.08. The molecule has 2 N–H and O–H groups in total. The summed E-state index contributed by atoms with van der Waals surface area (Å²) >= 11 is 0. The molecule has 0 amide bonds. The molecule has 0 radical (unpaired) electrons. The van der Waals surface area contributed by atoms with Crippen molar-refractivity contribution in [1.82, 2.24) is 0 Å². The first-order chi connectivity index (χ1) is 8.86. The molecule has 18 heavy (non-hydrogen) atoms. The van der Waals surface area contributed by atoms with E-state index in [-0.39, 0.29) is 0 Å². The van der Waals surface area contributed by atoms with Crippen molar-refractivity contribution in [3.8, 4) is 11.5 Å². The van der Waals surface area contributed by atoms with Gasteiger partial charge in [0.05, 0.1) is 6.61 Å². The number of nitrogens with two attached hydrogens (primary N) is 1. The standard InChI is InChI=1S/C14H23NO3/c1-16-9-3-2-4-10-17-13-6-5-7-14(12-13)18-11-8-15/h5-7,12H,2-4,8-11,15H2,1H3. The van der Waals surface area contributed by atoms with E-state index in [9.17, 15) is 0 Å². The van der Waals surface area contributed by atoms with Crippen LogP contribution in [0, 0.1) is 0 Å². The Morgan fingerprint density at radius 2 is 1.61 bits per heavy atom. The van der Waals surface area contributed by atoms with Crippen LogP contribution in [0.25, 0.3) is 0 Å². The number of unbranched alkanes of at least 4 members (excludes halogenated alkanes) is 2. The number of hydrogen-bond acceptors (Lipinski definition) is 4. The molecule has 0 saturated heterocycles. The monoisotopic (exact) mass is 253 g/mol. The highest BCUT2D eigenvalue weighted by Crippen LogP contribution is 2.19. The largest absolute Gasteiger partial charge is 0.493 e. The van der Waals surface area contributed by atoms with Crippen molar-refractivity contribution in [3.63, 3.8) is 0 Å². The van der Waals surface area contributed by atoms with E-state index < -0.39 is 0 Å². The van der Waals surface area contributed by atoms with Crippen molar-refractivity contribution in [1.29, 1.82) is 0 Å². The van der Waals surface area contributed by atoms with Crippen LogP contribution in [0.2, 0.25) is 0 Å². The fourth-order valence-corrected chi connectivity index (χ4v) is 1.55. The number of benzene rings is 1. The SMILES string of the molecule is COCCCCCOc1cccc(OCCN)c1. The van der Waals surface area contributed by atoms with E-state index in [4.69, 9.17) is 19.9 Å². The maximum atomic E-state index is 5.65. The zero-order chi connectivity index (χ0) is 13.1. The smallest absolute Gasteiger partial charge is 0.123 e. The van der Waals surface area contributed by atoms with Gasteiger partial charge < -0.3 is 19.9 Å². The molecule has 102 valence electrons. The highest BCUT2D eigenvalue weighted by molar-refractivity contribution is 5.32. The first-order valence-electron chi connectivity index (χ1n) is 6.41.